The molecule has 0 radical (unpaired) electrons. The van der Waals surface area contributed by atoms with Crippen LogP contribution in [-0.4, -0.2) is 89.6 Å². The fourth-order valence-corrected chi connectivity index (χ4v) is 12.2. The Labute approximate surface area is 388 Å². The van der Waals surface area contributed by atoms with Gasteiger partial charge in [0.2, 0.25) is 33.6 Å². The van der Waals surface area contributed by atoms with Crippen molar-refractivity contribution in [2.45, 2.75) is 141 Å². The van der Waals surface area contributed by atoms with Crippen LogP contribution in [0.3, 0.4) is 0 Å². The maximum absolute atomic E-state index is 15.3. The molecule has 9 rings (SSSR count). The second kappa shape index (κ2) is 17.9. The summed E-state index contributed by atoms with van der Waals surface area (Å²) in [5.74, 6) is -0.268. The highest BCUT2D eigenvalue weighted by Crippen LogP contribution is 2.58. The molecule has 5 fully saturated rings. The smallest absolute Gasteiger partial charge is 0.306 e. The number of rotatable bonds is 12. The Kier molecular flexibility index (Phi) is 12.5. The molecule has 4 aliphatic carbocycles. The van der Waals surface area contributed by atoms with Gasteiger partial charge in [-0.15, -0.1) is 0 Å². The van der Waals surface area contributed by atoms with Crippen molar-refractivity contribution < 1.29 is 46.5 Å². The molecular weight excluding hydrogens is 861 g/mol. The molecule has 4 heterocycles. The van der Waals surface area contributed by atoms with E-state index >= 15 is 9.59 Å². The molecule has 0 spiro atoms. The zero-order valence-corrected chi connectivity index (χ0v) is 39.8. The summed E-state index contributed by atoms with van der Waals surface area (Å²) in [6.07, 6.45) is 10.8. The summed E-state index contributed by atoms with van der Waals surface area (Å²) < 4.78 is 52.4. The first kappa shape index (κ1) is 46.1. The Balaban J connectivity index is 1.05. The van der Waals surface area contributed by atoms with Gasteiger partial charge in [0, 0.05) is 36.1 Å². The van der Waals surface area contributed by atoms with Gasteiger partial charge in [-0.2, -0.15) is 0 Å². The van der Waals surface area contributed by atoms with Crippen molar-refractivity contribution in [3.05, 3.63) is 54.7 Å². The number of methoxy groups -OCH3 is 1. The fourth-order valence-electron chi connectivity index (χ4n) is 10.8. The molecule has 14 nitrogen and oxygen atoms in total. The first-order chi connectivity index (χ1) is 31.4. The molecule has 2 amide bonds. The maximum Gasteiger partial charge on any atom is 0.306 e. The number of nitrogens with one attached hydrogen (secondary N) is 1. The normalized spacial score (nSPS) is 32.0. The number of aromatic nitrogens is 2. The number of benzene rings is 1. The van der Waals surface area contributed by atoms with Gasteiger partial charge in [0.25, 0.3) is 0 Å². The number of fused-ring (bicyclic) bond motifs is 4. The number of carbonyl (C=O) groups excluding carboxylic acids is 4. The highest BCUT2D eigenvalue weighted by atomic mass is 32.2. The minimum Gasteiger partial charge on any atom is -0.497 e. The van der Waals surface area contributed by atoms with Crippen LogP contribution in [0.4, 0.5) is 0 Å². The third-order valence-corrected chi connectivity index (χ3v) is 17.5. The van der Waals surface area contributed by atoms with E-state index in [1.807, 2.05) is 63.3 Å². The molecule has 15 heteroatoms. The largest absolute Gasteiger partial charge is 0.497 e. The predicted octanol–water partition coefficient (Wildman–Crippen LogP) is 7.77. The molecular formula is C51H64N4O10S. The van der Waals surface area contributed by atoms with E-state index in [1.165, 1.54) is 6.42 Å². The van der Waals surface area contributed by atoms with Crippen LogP contribution < -0.4 is 18.9 Å². The van der Waals surface area contributed by atoms with Crippen LogP contribution >= 0.6 is 0 Å². The van der Waals surface area contributed by atoms with Crippen molar-refractivity contribution in [1.82, 2.24) is 19.6 Å². The summed E-state index contributed by atoms with van der Waals surface area (Å²) in [6.45, 7) is 9.66. The first-order valence-electron chi connectivity index (χ1n) is 24.0. The Hall–Kier alpha value is -5.05. The van der Waals surface area contributed by atoms with E-state index in [0.29, 0.717) is 71.7 Å². The summed E-state index contributed by atoms with van der Waals surface area (Å²) in [6, 6.07) is 10.1. The second-order valence-corrected chi connectivity index (χ2v) is 23.1. The highest BCUT2D eigenvalue weighted by molar-refractivity contribution is 7.91. The number of carbonyl (C=O) groups is 4. The topological polar surface area (TPSA) is 180 Å². The van der Waals surface area contributed by atoms with E-state index in [2.05, 4.69) is 16.6 Å². The summed E-state index contributed by atoms with van der Waals surface area (Å²) in [4.78, 5) is 69.3. The zero-order chi connectivity index (χ0) is 46.7. The number of ether oxygens (including phenoxy) is 4. The van der Waals surface area contributed by atoms with Gasteiger partial charge < -0.3 is 23.8 Å². The number of allylic oxidation sites excluding steroid dienone is 2. The molecule has 2 aromatic heterocycles. The van der Waals surface area contributed by atoms with Gasteiger partial charge in [0.05, 0.1) is 54.0 Å². The number of pyridine rings is 2. The Morgan fingerprint density at radius 3 is 2.45 bits per heavy atom. The van der Waals surface area contributed by atoms with Crippen LogP contribution in [-0.2, 0) is 33.9 Å². The standard InChI is InChI=1S/C51H64N4O10S/c1-29(2)63-45-14-11-32(27-52-45)42-22-35-21-37(62-6)12-13-40(35)47(53-42)65-39-23-43-44(56)26-51(49(59)54-66(60,61)50(5)15-16-50)25-36(51)10-8-7-9-30(3)17-31(4)41(48(58)55(43)28-39)24-46(57)64-38-19-33-18-34(33)20-38/h8,10-14,21-22,27,29-31,33-34,36,38-39,41,43H,7,9,15-20,23-26,28H2,1-6H3,(H,54,59)/b10-8-/t30-,31-,33-,34+,36-,38?,39-,41+,43+,51-/m1/s1. The van der Waals surface area contributed by atoms with Gasteiger partial charge in [-0.05, 0) is 144 Å². The van der Waals surface area contributed by atoms with Gasteiger partial charge in [-0.1, -0.05) is 26.0 Å². The molecule has 1 aromatic carbocycles. The number of esters is 1. The average molecular weight is 925 g/mol. The average Bonchev–Trinajstić information content (AvgIpc) is 4.23. The number of hydrogen-bond donors (Lipinski definition) is 1. The monoisotopic (exact) mass is 924 g/mol. The van der Waals surface area contributed by atoms with Crippen molar-refractivity contribution in [3.8, 4) is 28.8 Å². The summed E-state index contributed by atoms with van der Waals surface area (Å²) in [7, 11) is -2.39. The molecule has 1 unspecified atom stereocenters. The maximum atomic E-state index is 15.3. The second-order valence-electron chi connectivity index (χ2n) is 20.9. The zero-order valence-electron chi connectivity index (χ0n) is 39.0. The van der Waals surface area contributed by atoms with Gasteiger partial charge in [0.15, 0.2) is 5.78 Å². The number of hydrogen-bond acceptors (Lipinski definition) is 12. The third-order valence-electron chi connectivity index (χ3n) is 15.4. The molecule has 0 bridgehead atoms. The quantitative estimate of drug-likeness (QED) is 0.138. The summed E-state index contributed by atoms with van der Waals surface area (Å²) >= 11 is 0. The first-order valence-corrected chi connectivity index (χ1v) is 25.5. The molecule has 66 heavy (non-hydrogen) atoms. The lowest BCUT2D eigenvalue weighted by molar-refractivity contribution is -0.155. The highest BCUT2D eigenvalue weighted by Gasteiger charge is 2.63. The third kappa shape index (κ3) is 9.55. The van der Waals surface area contributed by atoms with Gasteiger partial charge >= 0.3 is 5.97 Å². The predicted molar refractivity (Wildman–Crippen MR) is 247 cm³/mol. The minimum absolute atomic E-state index is 0.0245. The molecule has 4 saturated carbocycles. The Morgan fingerprint density at radius 2 is 1.76 bits per heavy atom. The van der Waals surface area contributed by atoms with Crippen LogP contribution in [0.25, 0.3) is 22.0 Å². The SMILES string of the molecule is COc1ccc2c(O[C@@H]3C[C@H]4C(=O)C[C@]5(C(=O)NS(=O)(=O)C6(C)CC6)C[C@H]5/C=C\CC[C@@H](C)C[C@@H](C)[C@H](CC(=O)OC5C[C@@H]6C[C@@H]6C5)C(=O)N4C3)nc(-c3ccc(OC(C)C)nc3)cc2c1. The molecule has 10 atom stereocenters. The molecule has 6 aliphatic rings. The van der Waals surface area contributed by atoms with E-state index in [1.54, 1.807) is 31.2 Å². The van der Waals surface area contributed by atoms with Crippen molar-refractivity contribution in [2.75, 3.05) is 13.7 Å². The Morgan fingerprint density at radius 1 is 0.985 bits per heavy atom. The summed E-state index contributed by atoms with van der Waals surface area (Å²) in [5, 5.41) is 1.48. The molecule has 1 N–H and O–H groups in total. The van der Waals surface area contributed by atoms with E-state index in [-0.39, 0.29) is 67.5 Å². The Bertz CT molecular complexity index is 2510. The van der Waals surface area contributed by atoms with Crippen molar-refractivity contribution >= 4 is 44.4 Å². The van der Waals surface area contributed by atoms with E-state index in [9.17, 15) is 18.0 Å². The van der Waals surface area contributed by atoms with Crippen LogP contribution in [0.2, 0.25) is 0 Å². The lowest BCUT2D eigenvalue weighted by Gasteiger charge is -2.32. The van der Waals surface area contributed by atoms with Crippen LogP contribution in [0.5, 0.6) is 17.5 Å². The molecule has 3 aromatic rings. The van der Waals surface area contributed by atoms with Crippen LogP contribution in [0.15, 0.2) is 54.7 Å². The minimum atomic E-state index is -3.98. The van der Waals surface area contributed by atoms with Gasteiger partial charge in [-0.25, -0.2) is 18.4 Å². The number of Topliss-reactive ketones (excluding diaryl/α,β-unsaturated/α-hetero) is 1. The molecule has 2 aliphatic heterocycles. The lowest BCUT2D eigenvalue weighted by atomic mass is 9.82. The van der Waals surface area contributed by atoms with E-state index in [0.717, 1.165) is 31.1 Å². The molecule has 354 valence electrons. The summed E-state index contributed by atoms with van der Waals surface area (Å²) in [5.41, 5.74) is -0.00285. The van der Waals surface area contributed by atoms with Gasteiger partial charge in [-0.3, -0.25) is 23.9 Å². The molecule has 1 saturated heterocycles. The van der Waals surface area contributed by atoms with Crippen molar-refractivity contribution in [3.63, 3.8) is 0 Å². The van der Waals surface area contributed by atoms with E-state index < -0.39 is 50.1 Å². The van der Waals surface area contributed by atoms with E-state index in [4.69, 9.17) is 23.9 Å². The van der Waals surface area contributed by atoms with Gasteiger partial charge in [0.1, 0.15) is 18.0 Å². The number of amides is 2. The van der Waals surface area contributed by atoms with Crippen LogP contribution in [0, 0.1) is 40.9 Å². The number of sulfonamides is 1. The number of nitrogens with zero attached hydrogens (tertiary/aromatic N) is 3. The van der Waals surface area contributed by atoms with Crippen molar-refractivity contribution in [1.29, 1.82) is 0 Å². The van der Waals surface area contributed by atoms with Crippen molar-refractivity contribution in [2.24, 2.45) is 40.9 Å². The lowest BCUT2D eigenvalue weighted by Crippen LogP contribution is -2.48. The van der Waals surface area contributed by atoms with Crippen LogP contribution in [0.1, 0.15) is 112 Å². The number of ketones is 1. The fraction of sp³-hybridized carbons (Fsp3) is 0.608.